The second-order valence-electron chi connectivity index (χ2n) is 7.95. The van der Waals surface area contributed by atoms with Gasteiger partial charge in [-0.1, -0.05) is 12.1 Å². The Hall–Kier alpha value is -2.57. The maximum Gasteiger partial charge on any atom is 0.410 e. The van der Waals surface area contributed by atoms with Gasteiger partial charge in [0.25, 0.3) is 0 Å². The number of nitrogens with zero attached hydrogens (tertiary/aromatic N) is 1. The topological polar surface area (TPSA) is 82.1 Å². The molecule has 1 spiro atoms. The van der Waals surface area contributed by atoms with Gasteiger partial charge >= 0.3 is 12.1 Å². The summed E-state index contributed by atoms with van der Waals surface area (Å²) >= 11 is 0. The van der Waals surface area contributed by atoms with Gasteiger partial charge in [-0.3, -0.25) is 9.59 Å². The molecule has 0 aromatic heterocycles. The number of carbonyl (C=O) groups excluding carboxylic acids is 3. The molecule has 3 rings (SSSR count). The molecule has 1 fully saturated rings. The molecule has 0 radical (unpaired) electrons. The first-order valence-electron chi connectivity index (χ1n) is 9.05. The van der Waals surface area contributed by atoms with Crippen molar-refractivity contribution < 1.29 is 28.6 Å². The van der Waals surface area contributed by atoms with Crippen LogP contribution in [0.5, 0.6) is 5.75 Å². The third kappa shape index (κ3) is 3.63. The zero-order valence-electron chi connectivity index (χ0n) is 16.1. The Morgan fingerprint density at radius 2 is 1.81 bits per heavy atom. The Labute approximate surface area is 158 Å². The molecule has 2 aliphatic heterocycles. The smallest absolute Gasteiger partial charge is 0.410 e. The Kier molecular flexibility index (Phi) is 4.88. The molecular weight excluding hydrogens is 350 g/mol. The number of hydrogen-bond donors (Lipinski definition) is 0. The number of carbonyl (C=O) groups is 3. The quantitative estimate of drug-likeness (QED) is 0.554. The Balaban J connectivity index is 1.85. The zero-order valence-corrected chi connectivity index (χ0v) is 16.1. The number of likely N-dealkylation sites (tertiary alicyclic amines) is 1. The molecule has 2 aliphatic rings. The van der Waals surface area contributed by atoms with E-state index < -0.39 is 29.2 Å². The van der Waals surface area contributed by atoms with Crippen molar-refractivity contribution in [3.63, 3.8) is 0 Å². The summed E-state index contributed by atoms with van der Waals surface area (Å²) in [5.74, 6) is -1.49. The SMILES string of the molecule is COC(=O)C1C(=O)c2ccccc2OC12CCN(C(=O)OC(C)(C)C)CC2. The lowest BCUT2D eigenvalue weighted by atomic mass is 9.73. The molecule has 27 heavy (non-hydrogen) atoms. The number of piperidine rings is 1. The summed E-state index contributed by atoms with van der Waals surface area (Å²) in [6.45, 7) is 6.09. The molecule has 7 nitrogen and oxygen atoms in total. The van der Waals surface area contributed by atoms with Crippen LogP contribution in [0.3, 0.4) is 0 Å². The predicted molar refractivity (Wildman–Crippen MR) is 96.7 cm³/mol. The lowest BCUT2D eigenvalue weighted by Crippen LogP contribution is -2.60. The van der Waals surface area contributed by atoms with Crippen LogP contribution >= 0.6 is 0 Å². The number of benzene rings is 1. The van der Waals surface area contributed by atoms with Crippen LogP contribution in [0.25, 0.3) is 0 Å². The van der Waals surface area contributed by atoms with E-state index in [-0.39, 0.29) is 5.78 Å². The van der Waals surface area contributed by atoms with E-state index in [2.05, 4.69) is 0 Å². The fraction of sp³-hybridized carbons (Fsp3) is 0.550. The highest BCUT2D eigenvalue weighted by Gasteiger charge is 2.55. The molecular formula is C20H25NO6. The first-order chi connectivity index (χ1) is 12.7. The first-order valence-corrected chi connectivity index (χ1v) is 9.05. The van der Waals surface area contributed by atoms with Crippen LogP contribution in [0.15, 0.2) is 24.3 Å². The van der Waals surface area contributed by atoms with Crippen molar-refractivity contribution in [2.24, 2.45) is 5.92 Å². The highest BCUT2D eigenvalue weighted by molar-refractivity contribution is 6.12. The van der Waals surface area contributed by atoms with Gasteiger partial charge in [0.15, 0.2) is 11.7 Å². The third-order valence-electron chi connectivity index (χ3n) is 4.95. The molecule has 146 valence electrons. The average Bonchev–Trinajstić information content (AvgIpc) is 2.60. The van der Waals surface area contributed by atoms with Crippen LogP contribution in [0.4, 0.5) is 4.79 Å². The summed E-state index contributed by atoms with van der Waals surface area (Å²) in [6.07, 6.45) is 0.271. The summed E-state index contributed by atoms with van der Waals surface area (Å²) in [6, 6.07) is 6.89. The van der Waals surface area contributed by atoms with Gasteiger partial charge in [0.1, 0.15) is 17.0 Å². The van der Waals surface area contributed by atoms with Gasteiger partial charge in [-0.05, 0) is 32.9 Å². The van der Waals surface area contributed by atoms with Crippen LogP contribution in [0, 0.1) is 5.92 Å². The number of para-hydroxylation sites is 1. The van der Waals surface area contributed by atoms with Crippen LogP contribution < -0.4 is 4.74 Å². The molecule has 0 aliphatic carbocycles. The number of esters is 1. The van der Waals surface area contributed by atoms with Crippen molar-refractivity contribution in [2.75, 3.05) is 20.2 Å². The van der Waals surface area contributed by atoms with E-state index >= 15 is 0 Å². The van der Waals surface area contributed by atoms with E-state index in [9.17, 15) is 14.4 Å². The van der Waals surface area contributed by atoms with Gasteiger partial charge in [-0.2, -0.15) is 0 Å². The van der Waals surface area contributed by atoms with Crippen molar-refractivity contribution >= 4 is 17.8 Å². The molecule has 1 saturated heterocycles. The zero-order chi connectivity index (χ0) is 19.8. The second kappa shape index (κ2) is 6.87. The van der Waals surface area contributed by atoms with Gasteiger partial charge in [-0.25, -0.2) is 4.79 Å². The van der Waals surface area contributed by atoms with Gasteiger partial charge in [0, 0.05) is 25.9 Å². The largest absolute Gasteiger partial charge is 0.485 e. The van der Waals surface area contributed by atoms with Gasteiger partial charge in [-0.15, -0.1) is 0 Å². The van der Waals surface area contributed by atoms with Crippen molar-refractivity contribution in [1.82, 2.24) is 4.90 Å². The minimum Gasteiger partial charge on any atom is -0.485 e. The maximum absolute atomic E-state index is 13.0. The standard InChI is InChI=1S/C20H25NO6/c1-19(2,3)27-18(24)21-11-9-20(10-12-21)15(17(23)25-4)16(22)13-7-5-6-8-14(13)26-20/h5-8,15H,9-12H2,1-4H3. The lowest BCUT2D eigenvalue weighted by molar-refractivity contribution is -0.153. The van der Waals surface area contributed by atoms with Crippen LogP contribution in [-0.2, 0) is 14.3 Å². The van der Waals surface area contributed by atoms with Crippen LogP contribution in [0.1, 0.15) is 44.0 Å². The molecule has 0 bridgehead atoms. The fourth-order valence-electron chi connectivity index (χ4n) is 3.66. The Morgan fingerprint density at radius 1 is 1.19 bits per heavy atom. The number of amides is 1. The number of methoxy groups -OCH3 is 1. The van der Waals surface area contributed by atoms with E-state index in [1.165, 1.54) is 7.11 Å². The van der Waals surface area contributed by atoms with E-state index in [1.807, 2.05) is 20.8 Å². The highest BCUT2D eigenvalue weighted by atomic mass is 16.6. The number of rotatable bonds is 1. The molecule has 1 amide bonds. The summed E-state index contributed by atoms with van der Waals surface area (Å²) in [4.78, 5) is 39.3. The number of hydrogen-bond acceptors (Lipinski definition) is 6. The number of ether oxygens (including phenoxy) is 3. The second-order valence-corrected chi connectivity index (χ2v) is 7.95. The third-order valence-corrected chi connectivity index (χ3v) is 4.95. The summed E-state index contributed by atoms with van der Waals surface area (Å²) in [5.41, 5.74) is -1.22. The Bertz CT molecular complexity index is 758. The minimum atomic E-state index is -1.04. The first kappa shape index (κ1) is 19.2. The van der Waals surface area contributed by atoms with Crippen molar-refractivity contribution in [2.45, 2.75) is 44.8 Å². The van der Waals surface area contributed by atoms with Gasteiger partial charge in [0.2, 0.25) is 0 Å². The number of ketones is 1. The average molecular weight is 375 g/mol. The van der Waals surface area contributed by atoms with E-state index in [1.54, 1.807) is 29.2 Å². The molecule has 1 unspecified atom stereocenters. The lowest BCUT2D eigenvalue weighted by Gasteiger charge is -2.47. The maximum atomic E-state index is 13.0. The van der Waals surface area contributed by atoms with Gasteiger partial charge < -0.3 is 19.1 Å². The van der Waals surface area contributed by atoms with Crippen molar-refractivity contribution in [3.8, 4) is 5.75 Å². The summed E-state index contributed by atoms with van der Waals surface area (Å²) < 4.78 is 16.5. The molecule has 1 aromatic carbocycles. The number of fused-ring (bicyclic) bond motifs is 1. The molecule has 1 aromatic rings. The van der Waals surface area contributed by atoms with E-state index in [4.69, 9.17) is 14.2 Å². The molecule has 0 saturated carbocycles. The normalized spacial score (nSPS) is 21.3. The Morgan fingerprint density at radius 3 is 2.41 bits per heavy atom. The van der Waals surface area contributed by atoms with E-state index in [0.717, 1.165) is 0 Å². The molecule has 2 heterocycles. The molecule has 7 heteroatoms. The van der Waals surface area contributed by atoms with Crippen molar-refractivity contribution in [1.29, 1.82) is 0 Å². The van der Waals surface area contributed by atoms with Crippen LogP contribution in [0.2, 0.25) is 0 Å². The fourth-order valence-corrected chi connectivity index (χ4v) is 3.66. The predicted octanol–water partition coefficient (Wildman–Crippen LogP) is 2.82. The van der Waals surface area contributed by atoms with Crippen LogP contribution in [-0.4, -0.2) is 54.1 Å². The summed E-state index contributed by atoms with van der Waals surface area (Å²) in [5, 5.41) is 0. The summed E-state index contributed by atoms with van der Waals surface area (Å²) in [7, 11) is 1.26. The molecule has 1 atom stereocenters. The highest BCUT2D eigenvalue weighted by Crippen LogP contribution is 2.43. The van der Waals surface area contributed by atoms with E-state index in [0.29, 0.717) is 37.2 Å². The number of Topliss-reactive ketones (excluding diaryl/α,β-unsaturated/α-hetero) is 1. The van der Waals surface area contributed by atoms with Gasteiger partial charge in [0.05, 0.1) is 12.7 Å². The van der Waals surface area contributed by atoms with Crippen molar-refractivity contribution in [3.05, 3.63) is 29.8 Å². The molecule has 0 N–H and O–H groups in total. The minimum absolute atomic E-state index is 0.297. The monoisotopic (exact) mass is 375 g/mol.